The van der Waals surface area contributed by atoms with Crippen molar-refractivity contribution < 1.29 is 18.0 Å². The molecular weight excluding hydrogens is 521 g/mol. The molecule has 12 heteroatoms. The van der Waals surface area contributed by atoms with E-state index in [2.05, 4.69) is 35.9 Å². The molecule has 3 heterocycles. The summed E-state index contributed by atoms with van der Waals surface area (Å²) in [6.45, 7) is 3.84. The van der Waals surface area contributed by atoms with Crippen molar-refractivity contribution in [3.8, 4) is 5.82 Å². The average Bonchev–Trinajstić information content (AvgIpc) is 3.38. The highest BCUT2D eigenvalue weighted by molar-refractivity contribution is 6.04. The van der Waals surface area contributed by atoms with Crippen molar-refractivity contribution in [3.63, 3.8) is 0 Å². The zero-order valence-corrected chi connectivity index (χ0v) is 21.4. The molecule has 202 valence electrons. The Bertz CT molecular complexity index is 1680. The normalized spacial score (nSPS) is 11.2. The monoisotopic (exact) mass is 544 g/mol. The highest BCUT2D eigenvalue weighted by atomic mass is 19.4. The zero-order chi connectivity index (χ0) is 28.3. The van der Waals surface area contributed by atoms with Gasteiger partial charge in [0.2, 0.25) is 5.95 Å². The number of hydrogen-bond donors (Lipinski definition) is 3. The lowest BCUT2D eigenvalue weighted by molar-refractivity contribution is -0.137. The Hall–Kier alpha value is -5.26. The van der Waals surface area contributed by atoms with Crippen LogP contribution in [0.15, 0.2) is 85.6 Å². The Balaban J connectivity index is 1.35. The number of anilines is 5. The molecule has 0 bridgehead atoms. The summed E-state index contributed by atoms with van der Waals surface area (Å²) >= 11 is 0. The molecule has 0 saturated heterocycles. The van der Waals surface area contributed by atoms with E-state index in [1.807, 2.05) is 26.0 Å². The van der Waals surface area contributed by atoms with Crippen molar-refractivity contribution in [1.82, 2.24) is 24.5 Å². The molecule has 0 saturated carbocycles. The fourth-order valence-corrected chi connectivity index (χ4v) is 3.86. The molecule has 9 nitrogen and oxygen atoms in total. The average molecular weight is 545 g/mol. The van der Waals surface area contributed by atoms with Gasteiger partial charge in [-0.05, 0) is 67.4 Å². The van der Waals surface area contributed by atoms with Crippen LogP contribution in [0.25, 0.3) is 5.82 Å². The zero-order valence-electron chi connectivity index (χ0n) is 21.4. The van der Waals surface area contributed by atoms with Crippen LogP contribution >= 0.6 is 0 Å². The summed E-state index contributed by atoms with van der Waals surface area (Å²) < 4.78 is 40.9. The van der Waals surface area contributed by atoms with E-state index in [1.165, 1.54) is 18.5 Å². The second-order valence-electron chi connectivity index (χ2n) is 8.91. The molecule has 0 radical (unpaired) electrons. The molecular formula is C28H23F3N8O. The van der Waals surface area contributed by atoms with Crippen LogP contribution in [-0.4, -0.2) is 30.4 Å². The van der Waals surface area contributed by atoms with E-state index in [-0.39, 0.29) is 5.56 Å². The number of carbonyl (C=O) groups is 1. The smallest absolute Gasteiger partial charge is 0.325 e. The van der Waals surface area contributed by atoms with Crippen LogP contribution in [0.1, 0.15) is 27.0 Å². The number of carbonyl (C=O) groups excluding carboxylic acids is 1. The summed E-state index contributed by atoms with van der Waals surface area (Å²) in [5.74, 6) is 1.51. The van der Waals surface area contributed by atoms with Crippen LogP contribution in [0.5, 0.6) is 0 Å². The highest BCUT2D eigenvalue weighted by Crippen LogP contribution is 2.30. The summed E-state index contributed by atoms with van der Waals surface area (Å²) in [6, 6.07) is 14.9. The van der Waals surface area contributed by atoms with Crippen molar-refractivity contribution >= 4 is 34.9 Å². The minimum Gasteiger partial charge on any atom is -0.325 e. The lowest BCUT2D eigenvalue weighted by Gasteiger charge is -2.14. The summed E-state index contributed by atoms with van der Waals surface area (Å²) in [5, 5.41) is 9.05. The molecule has 0 unspecified atom stereocenters. The Morgan fingerprint density at radius 3 is 2.48 bits per heavy atom. The molecule has 5 rings (SSSR count). The van der Waals surface area contributed by atoms with Gasteiger partial charge in [-0.1, -0.05) is 12.1 Å². The van der Waals surface area contributed by atoms with Gasteiger partial charge in [-0.2, -0.15) is 13.2 Å². The first-order chi connectivity index (χ1) is 19.2. The number of hydrogen-bond acceptors (Lipinski definition) is 7. The third-order valence-corrected chi connectivity index (χ3v) is 5.91. The van der Waals surface area contributed by atoms with Gasteiger partial charge in [0.1, 0.15) is 23.8 Å². The van der Waals surface area contributed by atoms with Crippen LogP contribution in [0, 0.1) is 13.8 Å². The standard InChI is InChI=1S/C28H23F3N8O/c1-17-8-9-32-23(12-17)38-24-15-25(35-16-34-24)39-11-10-33-27(39)37-22-14-21(7-6-18(22)2)36-26(40)19-4-3-5-20(13-19)28(29,30)31/h3-16H,1-2H3,(H,33,37)(H,36,40)(H,32,34,35,38). The quantitative estimate of drug-likeness (QED) is 0.217. The molecule has 40 heavy (non-hydrogen) atoms. The summed E-state index contributed by atoms with van der Waals surface area (Å²) in [6.07, 6.45) is 1.92. The van der Waals surface area contributed by atoms with Gasteiger partial charge in [-0.25, -0.2) is 19.9 Å². The Labute approximate surface area is 227 Å². The van der Waals surface area contributed by atoms with Crippen molar-refractivity contribution in [3.05, 3.63) is 108 Å². The van der Waals surface area contributed by atoms with Crippen LogP contribution in [0.4, 0.5) is 42.1 Å². The number of aromatic nitrogens is 5. The predicted octanol–water partition coefficient (Wildman–Crippen LogP) is 6.43. The molecule has 0 aliphatic carbocycles. The Morgan fingerprint density at radius 2 is 1.68 bits per heavy atom. The lowest BCUT2D eigenvalue weighted by atomic mass is 10.1. The van der Waals surface area contributed by atoms with E-state index in [4.69, 9.17) is 0 Å². The molecule has 3 aromatic heterocycles. The van der Waals surface area contributed by atoms with Crippen LogP contribution in [0.2, 0.25) is 0 Å². The molecule has 0 aliphatic rings. The van der Waals surface area contributed by atoms with Gasteiger partial charge in [0.05, 0.1) is 5.56 Å². The second kappa shape index (κ2) is 10.8. The molecule has 0 atom stereocenters. The van der Waals surface area contributed by atoms with Crippen molar-refractivity contribution in [2.75, 3.05) is 16.0 Å². The number of nitrogens with zero attached hydrogens (tertiary/aromatic N) is 5. The molecule has 0 aliphatic heterocycles. The minimum atomic E-state index is -4.54. The first-order valence-corrected chi connectivity index (χ1v) is 12.1. The third-order valence-electron chi connectivity index (χ3n) is 5.91. The largest absolute Gasteiger partial charge is 0.416 e. The number of imidazole rings is 1. The Morgan fingerprint density at radius 1 is 0.850 bits per heavy atom. The van der Waals surface area contributed by atoms with E-state index in [9.17, 15) is 18.0 Å². The lowest BCUT2D eigenvalue weighted by Crippen LogP contribution is -2.14. The molecule has 0 fully saturated rings. The fraction of sp³-hybridized carbons (Fsp3) is 0.107. The third kappa shape index (κ3) is 6.07. The van der Waals surface area contributed by atoms with Gasteiger partial charge in [-0.3, -0.25) is 9.36 Å². The van der Waals surface area contributed by atoms with E-state index < -0.39 is 17.6 Å². The maximum Gasteiger partial charge on any atom is 0.416 e. The van der Waals surface area contributed by atoms with Crippen molar-refractivity contribution in [2.45, 2.75) is 20.0 Å². The highest BCUT2D eigenvalue weighted by Gasteiger charge is 2.30. The topological polar surface area (TPSA) is 110 Å². The SMILES string of the molecule is Cc1ccnc(Nc2cc(-n3ccnc3Nc3cc(NC(=O)c4cccc(C(F)(F)F)c4)ccc3C)ncn2)c1. The first-order valence-electron chi connectivity index (χ1n) is 12.1. The number of benzene rings is 2. The number of alkyl halides is 3. The summed E-state index contributed by atoms with van der Waals surface area (Å²) in [7, 11) is 0. The number of amides is 1. The molecule has 0 spiro atoms. The molecule has 1 amide bonds. The van der Waals surface area contributed by atoms with Crippen LogP contribution in [-0.2, 0) is 6.18 Å². The fourth-order valence-electron chi connectivity index (χ4n) is 3.86. The van der Waals surface area contributed by atoms with E-state index in [1.54, 1.807) is 47.4 Å². The molecule has 2 aromatic carbocycles. The van der Waals surface area contributed by atoms with Gasteiger partial charge in [-0.15, -0.1) is 0 Å². The number of rotatable bonds is 7. The number of halogens is 3. The van der Waals surface area contributed by atoms with E-state index in [0.717, 1.165) is 23.3 Å². The van der Waals surface area contributed by atoms with Gasteiger partial charge in [0, 0.05) is 41.6 Å². The van der Waals surface area contributed by atoms with Gasteiger partial charge < -0.3 is 16.0 Å². The van der Waals surface area contributed by atoms with Crippen LogP contribution < -0.4 is 16.0 Å². The van der Waals surface area contributed by atoms with Crippen LogP contribution in [0.3, 0.4) is 0 Å². The molecule has 3 N–H and O–H groups in total. The first kappa shape index (κ1) is 26.4. The summed E-state index contributed by atoms with van der Waals surface area (Å²) in [4.78, 5) is 30.0. The summed E-state index contributed by atoms with van der Waals surface area (Å²) in [5.41, 5.74) is 1.93. The Kier molecular flexibility index (Phi) is 7.15. The van der Waals surface area contributed by atoms with Crippen molar-refractivity contribution in [2.24, 2.45) is 0 Å². The van der Waals surface area contributed by atoms with E-state index >= 15 is 0 Å². The number of nitrogens with one attached hydrogen (secondary N) is 3. The van der Waals surface area contributed by atoms with E-state index in [0.29, 0.717) is 34.8 Å². The predicted molar refractivity (Wildman–Crippen MR) is 145 cm³/mol. The second-order valence-corrected chi connectivity index (χ2v) is 8.91. The van der Waals surface area contributed by atoms with Gasteiger partial charge >= 0.3 is 6.18 Å². The van der Waals surface area contributed by atoms with Gasteiger partial charge in [0.15, 0.2) is 0 Å². The van der Waals surface area contributed by atoms with Gasteiger partial charge in [0.25, 0.3) is 5.91 Å². The molecule has 5 aromatic rings. The number of aryl methyl sites for hydroxylation is 2. The maximum absolute atomic E-state index is 13.1. The number of pyridine rings is 1. The van der Waals surface area contributed by atoms with Crippen molar-refractivity contribution in [1.29, 1.82) is 0 Å². The minimum absolute atomic E-state index is 0.102. The maximum atomic E-state index is 13.1.